The summed E-state index contributed by atoms with van der Waals surface area (Å²) in [5, 5.41) is 8.53. The largest absolute Gasteiger partial charge is 0.351 e. The molecule has 0 aliphatic carbocycles. The first-order valence-corrected chi connectivity index (χ1v) is 9.66. The van der Waals surface area contributed by atoms with Crippen molar-refractivity contribution in [2.45, 2.75) is 57.7 Å². The zero-order valence-electron chi connectivity index (χ0n) is 16.9. The molecule has 1 aromatic carbocycles. The lowest BCUT2D eigenvalue weighted by atomic mass is 9.80. The summed E-state index contributed by atoms with van der Waals surface area (Å²) in [5.74, 6) is 0.707. The normalized spacial score (nSPS) is 19.3. The molecule has 3 aromatic rings. The van der Waals surface area contributed by atoms with Gasteiger partial charge < -0.3 is 15.2 Å². The Morgan fingerprint density at radius 2 is 1.78 bits per heavy atom. The van der Waals surface area contributed by atoms with Gasteiger partial charge in [0.2, 0.25) is 5.95 Å². The van der Waals surface area contributed by atoms with Crippen LogP contribution in [0, 0.1) is 0 Å². The lowest BCUT2D eigenvalue weighted by Crippen LogP contribution is -2.60. The number of nitrogens with one attached hydrogen (secondary N) is 2. The van der Waals surface area contributed by atoms with E-state index < -0.39 is 0 Å². The summed E-state index contributed by atoms with van der Waals surface area (Å²) < 4.78 is 2.15. The zero-order chi connectivity index (χ0) is 19.2. The van der Waals surface area contributed by atoms with E-state index in [0.29, 0.717) is 12.0 Å². The van der Waals surface area contributed by atoms with Crippen molar-refractivity contribution < 1.29 is 0 Å². The Morgan fingerprint density at radius 1 is 1.07 bits per heavy atom. The first kappa shape index (κ1) is 18.0. The average molecular weight is 364 g/mol. The van der Waals surface area contributed by atoms with Crippen LogP contribution in [0.3, 0.4) is 0 Å². The fourth-order valence-corrected chi connectivity index (χ4v) is 4.73. The molecule has 0 saturated carbocycles. The van der Waals surface area contributed by atoms with Crippen molar-refractivity contribution in [1.29, 1.82) is 0 Å². The minimum atomic E-state index is 0.0899. The van der Waals surface area contributed by atoms with Gasteiger partial charge in [0, 0.05) is 53.0 Å². The van der Waals surface area contributed by atoms with Crippen molar-refractivity contribution >= 4 is 16.9 Å². The molecule has 142 valence electrons. The zero-order valence-corrected chi connectivity index (χ0v) is 16.9. The molecule has 0 spiro atoms. The number of rotatable bonds is 3. The van der Waals surface area contributed by atoms with Crippen LogP contribution in [0.2, 0.25) is 0 Å². The fraction of sp³-hybridized carbons (Fsp3) is 0.455. The van der Waals surface area contributed by atoms with Crippen LogP contribution in [0.1, 0.15) is 40.5 Å². The molecule has 1 fully saturated rings. The van der Waals surface area contributed by atoms with Crippen LogP contribution in [0.5, 0.6) is 0 Å². The second-order valence-corrected chi connectivity index (χ2v) is 9.08. The van der Waals surface area contributed by atoms with E-state index in [1.807, 2.05) is 12.3 Å². The van der Waals surface area contributed by atoms with Crippen molar-refractivity contribution in [3.05, 3.63) is 42.7 Å². The molecule has 5 heteroatoms. The summed E-state index contributed by atoms with van der Waals surface area (Å²) in [6, 6.07) is 10.8. The maximum Gasteiger partial charge on any atom is 0.223 e. The van der Waals surface area contributed by atoms with Crippen LogP contribution in [0.25, 0.3) is 22.2 Å². The number of aryl methyl sites for hydroxylation is 1. The van der Waals surface area contributed by atoms with Gasteiger partial charge in [0.05, 0.1) is 5.69 Å². The minimum Gasteiger partial charge on any atom is -0.351 e. The van der Waals surface area contributed by atoms with Crippen LogP contribution in [-0.4, -0.2) is 31.7 Å². The Labute approximate surface area is 161 Å². The Kier molecular flexibility index (Phi) is 4.22. The molecule has 4 rings (SSSR count). The van der Waals surface area contributed by atoms with Gasteiger partial charge in [-0.15, -0.1) is 0 Å². The number of nitrogens with zero attached hydrogens (tertiary/aromatic N) is 3. The Bertz CT molecular complexity index is 954. The number of hydrogen-bond acceptors (Lipinski definition) is 4. The molecule has 0 amide bonds. The summed E-state index contributed by atoms with van der Waals surface area (Å²) >= 11 is 0. The van der Waals surface area contributed by atoms with E-state index in [1.165, 1.54) is 10.9 Å². The van der Waals surface area contributed by atoms with Gasteiger partial charge in [-0.25, -0.2) is 9.97 Å². The van der Waals surface area contributed by atoms with Crippen LogP contribution in [-0.2, 0) is 7.05 Å². The molecule has 3 heterocycles. The molecule has 2 aromatic heterocycles. The van der Waals surface area contributed by atoms with Gasteiger partial charge in [-0.05, 0) is 52.7 Å². The molecule has 0 unspecified atom stereocenters. The standard InChI is InChI=1S/C22H29N5/c1-21(2)12-15(13-22(3,4)26-21)24-20-23-11-10-18(25-20)17-14-27(5)19-9-7-6-8-16(17)19/h6-11,14-15,26H,12-13H2,1-5H3,(H,23,24,25). The SMILES string of the molecule is Cn1cc(-c2ccnc(NC3CC(C)(C)NC(C)(C)C3)n2)c2ccccc21. The Balaban J connectivity index is 1.63. The van der Waals surface area contributed by atoms with Crippen molar-refractivity contribution in [3.63, 3.8) is 0 Å². The number of benzene rings is 1. The summed E-state index contributed by atoms with van der Waals surface area (Å²) in [6.07, 6.45) is 6.08. The van der Waals surface area contributed by atoms with Gasteiger partial charge in [-0.1, -0.05) is 18.2 Å². The van der Waals surface area contributed by atoms with Gasteiger partial charge >= 0.3 is 0 Å². The van der Waals surface area contributed by atoms with E-state index in [9.17, 15) is 0 Å². The van der Waals surface area contributed by atoms with E-state index in [4.69, 9.17) is 4.98 Å². The highest BCUT2D eigenvalue weighted by Gasteiger charge is 2.37. The maximum absolute atomic E-state index is 4.84. The minimum absolute atomic E-state index is 0.0899. The monoisotopic (exact) mass is 363 g/mol. The van der Waals surface area contributed by atoms with E-state index in [0.717, 1.165) is 24.1 Å². The molecule has 1 aliphatic heterocycles. The lowest BCUT2D eigenvalue weighted by molar-refractivity contribution is 0.170. The summed E-state index contributed by atoms with van der Waals surface area (Å²) in [4.78, 5) is 9.33. The molecule has 0 atom stereocenters. The van der Waals surface area contributed by atoms with Crippen molar-refractivity contribution in [2.75, 3.05) is 5.32 Å². The molecule has 1 aliphatic rings. The van der Waals surface area contributed by atoms with E-state index in [2.05, 4.69) is 85.4 Å². The fourth-order valence-electron chi connectivity index (χ4n) is 4.73. The van der Waals surface area contributed by atoms with Crippen molar-refractivity contribution in [2.24, 2.45) is 7.05 Å². The van der Waals surface area contributed by atoms with E-state index >= 15 is 0 Å². The number of piperidine rings is 1. The predicted molar refractivity (Wildman–Crippen MR) is 112 cm³/mol. The third-order valence-electron chi connectivity index (χ3n) is 5.35. The lowest BCUT2D eigenvalue weighted by Gasteiger charge is -2.46. The van der Waals surface area contributed by atoms with Crippen molar-refractivity contribution in [1.82, 2.24) is 19.9 Å². The first-order valence-electron chi connectivity index (χ1n) is 9.66. The van der Waals surface area contributed by atoms with Crippen LogP contribution in [0.15, 0.2) is 42.7 Å². The quantitative estimate of drug-likeness (QED) is 0.726. The highest BCUT2D eigenvalue weighted by Crippen LogP contribution is 2.31. The Morgan fingerprint density at radius 3 is 2.52 bits per heavy atom. The third kappa shape index (κ3) is 3.69. The average Bonchev–Trinajstić information content (AvgIpc) is 2.90. The van der Waals surface area contributed by atoms with Gasteiger partial charge in [-0.2, -0.15) is 0 Å². The number of aromatic nitrogens is 3. The molecule has 0 bridgehead atoms. The third-order valence-corrected chi connectivity index (χ3v) is 5.35. The highest BCUT2D eigenvalue weighted by atomic mass is 15.2. The van der Waals surface area contributed by atoms with Gasteiger partial charge in [0.25, 0.3) is 0 Å². The first-order chi connectivity index (χ1) is 12.7. The number of anilines is 1. The van der Waals surface area contributed by atoms with Gasteiger partial charge in [0.15, 0.2) is 0 Å². The molecule has 5 nitrogen and oxygen atoms in total. The second kappa shape index (κ2) is 6.34. The molecular formula is C22H29N5. The van der Waals surface area contributed by atoms with Gasteiger partial charge in [-0.3, -0.25) is 0 Å². The number of hydrogen-bond donors (Lipinski definition) is 2. The molecule has 27 heavy (non-hydrogen) atoms. The predicted octanol–water partition coefficient (Wildman–Crippen LogP) is 4.36. The summed E-state index contributed by atoms with van der Waals surface area (Å²) in [5.41, 5.74) is 3.49. The summed E-state index contributed by atoms with van der Waals surface area (Å²) in [7, 11) is 2.07. The Hall–Kier alpha value is -2.40. The van der Waals surface area contributed by atoms with Crippen molar-refractivity contribution in [3.8, 4) is 11.3 Å². The van der Waals surface area contributed by atoms with E-state index in [-0.39, 0.29) is 11.1 Å². The summed E-state index contributed by atoms with van der Waals surface area (Å²) in [6.45, 7) is 9.04. The number of para-hydroxylation sites is 1. The van der Waals surface area contributed by atoms with Crippen LogP contribution in [0.4, 0.5) is 5.95 Å². The molecular weight excluding hydrogens is 334 g/mol. The number of fused-ring (bicyclic) bond motifs is 1. The van der Waals surface area contributed by atoms with E-state index in [1.54, 1.807) is 0 Å². The second-order valence-electron chi connectivity index (χ2n) is 9.08. The van der Waals surface area contributed by atoms with Gasteiger partial charge in [0.1, 0.15) is 0 Å². The molecule has 1 saturated heterocycles. The molecule has 0 radical (unpaired) electrons. The van der Waals surface area contributed by atoms with Crippen LogP contribution >= 0.6 is 0 Å². The maximum atomic E-state index is 4.84. The van der Waals surface area contributed by atoms with Crippen LogP contribution < -0.4 is 10.6 Å². The smallest absolute Gasteiger partial charge is 0.223 e. The highest BCUT2D eigenvalue weighted by molar-refractivity contribution is 5.95. The molecule has 2 N–H and O–H groups in total. The topological polar surface area (TPSA) is 54.8 Å².